The zero-order valence-corrected chi connectivity index (χ0v) is 47.8. The normalized spacial score (nSPS) is 19.6. The van der Waals surface area contributed by atoms with Gasteiger partial charge in [0.15, 0.2) is 6.10 Å². The number of aliphatic hydroxyl groups excluding tert-OH is 1. The average molecular weight is 1160 g/mol. The Balaban J connectivity index is 0.00000121. The largest absolute Gasteiger partial charge is 0.481 e. The Morgan fingerprint density at radius 3 is 1.36 bits per heavy atom. The van der Waals surface area contributed by atoms with Gasteiger partial charge in [-0.1, -0.05) is 122 Å². The van der Waals surface area contributed by atoms with Gasteiger partial charge in [0.2, 0.25) is 13.5 Å². The van der Waals surface area contributed by atoms with Crippen molar-refractivity contribution in [1.82, 2.24) is 31.5 Å². The number of aliphatic carboxylic acids is 1. The minimum Gasteiger partial charge on any atom is -0.481 e. The number of nitrogens with zero attached hydrogens (tertiary/aromatic N) is 2. The zero-order chi connectivity index (χ0) is 56.6. The highest BCUT2D eigenvalue weighted by Gasteiger charge is 2.37. The smallest absolute Gasteiger partial charge is 0.325 e. The number of carboxylic acid groups (broad SMARTS) is 1. The molecule has 0 aromatic rings. The van der Waals surface area contributed by atoms with Crippen molar-refractivity contribution in [1.29, 1.82) is 0 Å². The van der Waals surface area contributed by atoms with Crippen molar-refractivity contribution in [3.05, 3.63) is 24.3 Å². The van der Waals surface area contributed by atoms with Crippen molar-refractivity contribution in [3.8, 4) is 0 Å². The van der Waals surface area contributed by atoms with E-state index >= 15 is 0 Å². The van der Waals surface area contributed by atoms with Crippen LogP contribution in [-0.4, -0.2) is 164 Å². The topological polar surface area (TPSA) is 278 Å². The van der Waals surface area contributed by atoms with E-state index in [-0.39, 0.29) is 17.9 Å². The number of carbonyl (C=O) groups excluding carboxylic acids is 7. The minimum atomic E-state index is -1.75. The van der Waals surface area contributed by atoms with Gasteiger partial charge in [0, 0.05) is 27.3 Å². The lowest BCUT2D eigenvalue weighted by Gasteiger charge is -2.34. The van der Waals surface area contributed by atoms with Crippen LogP contribution in [0.5, 0.6) is 0 Å². The number of alkyl halides is 6. The number of rotatable bonds is 21. The van der Waals surface area contributed by atoms with E-state index in [1.54, 1.807) is 72.8 Å². The quantitative estimate of drug-likeness (QED) is 0.0386. The number of ether oxygens (including phenoxy) is 5. The van der Waals surface area contributed by atoms with Crippen LogP contribution in [0.2, 0.25) is 0 Å². The van der Waals surface area contributed by atoms with Crippen molar-refractivity contribution in [3.63, 3.8) is 0 Å². The van der Waals surface area contributed by atoms with Gasteiger partial charge in [-0.2, -0.15) is 0 Å². The third-order valence-electron chi connectivity index (χ3n) is 10.8. The molecule has 6 N–H and O–H groups in total. The molecule has 73 heavy (non-hydrogen) atoms. The Labute approximate surface area is 458 Å². The molecule has 2 saturated heterocycles. The van der Waals surface area contributed by atoms with E-state index in [9.17, 15) is 43.5 Å². The number of aliphatic hydroxyl groups is 1. The maximum atomic E-state index is 12.9. The Kier molecular flexibility index (Phi) is 32.9. The summed E-state index contributed by atoms with van der Waals surface area (Å²) in [6.45, 7) is 16.6. The molecule has 0 aliphatic carbocycles. The van der Waals surface area contributed by atoms with E-state index in [0.717, 1.165) is 0 Å². The Morgan fingerprint density at radius 2 is 1.03 bits per heavy atom. The molecule has 2 heterocycles. The summed E-state index contributed by atoms with van der Waals surface area (Å²) in [5.74, 6) is -6.64. The lowest BCUT2D eigenvalue weighted by Crippen LogP contribution is -2.60. The van der Waals surface area contributed by atoms with Crippen molar-refractivity contribution in [2.45, 2.75) is 151 Å². The molecule has 0 aromatic carbocycles. The third kappa shape index (κ3) is 26.9. The number of hydrazine groups is 2. The molecule has 2 rings (SSSR count). The van der Waals surface area contributed by atoms with Gasteiger partial charge >= 0.3 is 23.9 Å². The summed E-state index contributed by atoms with van der Waals surface area (Å²) in [6, 6.07) is -3.41. The van der Waals surface area contributed by atoms with Gasteiger partial charge in [0.1, 0.15) is 43.5 Å². The van der Waals surface area contributed by atoms with Gasteiger partial charge in [0.25, 0.3) is 17.7 Å². The molecule has 420 valence electrons. The van der Waals surface area contributed by atoms with Crippen LogP contribution in [0.25, 0.3) is 0 Å². The predicted octanol–water partition coefficient (Wildman–Crippen LogP) is 4.91. The Bertz CT molecular complexity index is 1850. The van der Waals surface area contributed by atoms with E-state index in [0.29, 0.717) is 38.8 Å². The Hall–Kier alpha value is -3.22. The lowest BCUT2D eigenvalue weighted by molar-refractivity contribution is -0.165. The van der Waals surface area contributed by atoms with E-state index in [1.165, 1.54) is 38.1 Å². The number of allylic oxidation sites excluding steroid dienone is 2. The first-order valence-electron chi connectivity index (χ1n) is 23.4. The monoisotopic (exact) mass is 1160 g/mol. The van der Waals surface area contributed by atoms with Gasteiger partial charge in [-0.3, -0.25) is 48.4 Å². The standard InChI is InChI=1S/C23H36Cl3N3O7.C15H24Cl3N3O5.C8H14O3/c1-7-9-17(34-6)14(4)21(32)36-18(13(2)3)19(30)27-15(5)20(31)29-11-8-10-16(28-29)22(33)35-12-23(24,25)26;1-8(2)11(22)12(23)19-9(3)13(24)21-6-4-5-10(20-21)14(25)26-7-15(16,17)18;1-4-5-7(11-3)6(2)8(9)10/h7,9,13-18,28H,8,10-12H2,1-6H3,(H,27,30);8-11,20,22H,4-7H2,1-3H3,(H,19,23);4-7H,1-3H3,(H,9,10)/b9-7+;;5-4+/t14-,15+,16+,17-,18+;9-,10-,11-;6-,7-/m101/s1. The number of nitrogens with one attached hydrogen (secondary N) is 4. The van der Waals surface area contributed by atoms with E-state index in [1.807, 2.05) is 6.92 Å². The van der Waals surface area contributed by atoms with Crippen molar-refractivity contribution in [2.24, 2.45) is 23.7 Å². The molecule has 10 atom stereocenters. The molecule has 27 heteroatoms. The van der Waals surface area contributed by atoms with Gasteiger partial charge in [-0.05, 0) is 79.1 Å². The van der Waals surface area contributed by atoms with Gasteiger partial charge < -0.3 is 44.5 Å². The van der Waals surface area contributed by atoms with Crippen LogP contribution in [0.15, 0.2) is 24.3 Å². The van der Waals surface area contributed by atoms with Crippen LogP contribution in [0.3, 0.4) is 0 Å². The number of amides is 4. The number of carboxylic acids is 1. The zero-order valence-electron chi connectivity index (χ0n) is 43.3. The molecule has 21 nitrogen and oxygen atoms in total. The highest BCUT2D eigenvalue weighted by molar-refractivity contribution is 6.68. The number of halogens is 6. The van der Waals surface area contributed by atoms with E-state index in [4.69, 9.17) is 98.4 Å². The number of methoxy groups -OCH3 is 2. The number of esters is 3. The number of carbonyl (C=O) groups is 8. The van der Waals surface area contributed by atoms with E-state index < -0.39 is 123 Å². The molecule has 0 saturated carbocycles. The van der Waals surface area contributed by atoms with Crippen molar-refractivity contribution < 1.29 is 72.3 Å². The first kappa shape index (κ1) is 69.8. The second-order valence-electron chi connectivity index (χ2n) is 17.7. The van der Waals surface area contributed by atoms with Gasteiger partial charge in [-0.15, -0.1) is 0 Å². The number of hydrogen-bond acceptors (Lipinski definition) is 16. The second kappa shape index (κ2) is 34.4. The fraction of sp³-hybridized carbons (Fsp3) is 0.739. The lowest BCUT2D eigenvalue weighted by atomic mass is 10.0. The third-order valence-corrected chi connectivity index (χ3v) is 11.4. The molecule has 0 unspecified atom stereocenters. The summed E-state index contributed by atoms with van der Waals surface area (Å²) in [4.78, 5) is 97.6. The van der Waals surface area contributed by atoms with Gasteiger partial charge in [-0.25, -0.2) is 10.9 Å². The predicted molar refractivity (Wildman–Crippen MR) is 276 cm³/mol. The second-order valence-corrected chi connectivity index (χ2v) is 22.7. The maximum Gasteiger partial charge on any atom is 0.325 e. The fourth-order valence-electron chi connectivity index (χ4n) is 6.50. The number of hydrogen-bond donors (Lipinski definition) is 6. The van der Waals surface area contributed by atoms with E-state index in [2.05, 4.69) is 21.5 Å². The molecular formula is C46H74Cl6N6O15. The molecule has 4 amide bonds. The molecule has 0 radical (unpaired) electrons. The Morgan fingerprint density at radius 1 is 0.644 bits per heavy atom. The fourth-order valence-corrected chi connectivity index (χ4v) is 6.83. The minimum absolute atomic E-state index is 0.275. The summed E-state index contributed by atoms with van der Waals surface area (Å²) in [5, 5.41) is 25.9. The van der Waals surface area contributed by atoms with Crippen LogP contribution in [0.1, 0.15) is 94.9 Å². The first-order chi connectivity index (χ1) is 33.8. The summed E-state index contributed by atoms with van der Waals surface area (Å²) in [7, 11) is 2.98. The van der Waals surface area contributed by atoms with Crippen LogP contribution < -0.4 is 21.5 Å². The van der Waals surface area contributed by atoms with Crippen LogP contribution in [0, 0.1) is 23.7 Å². The molecule has 0 bridgehead atoms. The highest BCUT2D eigenvalue weighted by atomic mass is 35.6. The van der Waals surface area contributed by atoms with Crippen LogP contribution in [-0.2, 0) is 62.0 Å². The molecule has 2 aliphatic heterocycles. The molecule has 2 fully saturated rings. The van der Waals surface area contributed by atoms with Crippen molar-refractivity contribution >= 4 is 117 Å². The molecular weight excluding hydrogens is 1090 g/mol. The molecule has 0 aromatic heterocycles. The molecule has 0 spiro atoms. The summed E-state index contributed by atoms with van der Waals surface area (Å²) in [6.07, 6.45) is 5.81. The SMILES string of the molecule is C/C=C/[C@@H](OC)[C@@H](C)C(=O)O.C/C=C/[C@@H](OC)[C@@H](C)C(=O)O[C@H](C(=O)N[C@@H](C)C(=O)N1CCC[C@@H](C(=O)OCC(Cl)(Cl)Cl)N1)C(C)C.CC(C)[C@H](O)C(=O)N[C@@H](C)C(=O)N1CCC[C@@H](C(=O)OCC(Cl)(Cl)Cl)N1. The summed E-state index contributed by atoms with van der Waals surface area (Å²) < 4.78 is 22.2. The molecule has 2 aliphatic rings. The maximum absolute atomic E-state index is 12.9. The van der Waals surface area contributed by atoms with Crippen LogP contribution >= 0.6 is 69.6 Å². The highest BCUT2D eigenvalue weighted by Crippen LogP contribution is 2.27. The summed E-state index contributed by atoms with van der Waals surface area (Å²) >= 11 is 33.4. The van der Waals surface area contributed by atoms with Crippen molar-refractivity contribution in [2.75, 3.05) is 40.5 Å². The first-order valence-corrected chi connectivity index (χ1v) is 25.7. The average Bonchev–Trinajstić information content (AvgIpc) is 3.33. The van der Waals surface area contributed by atoms with Gasteiger partial charge in [0.05, 0.1) is 24.0 Å². The summed E-state index contributed by atoms with van der Waals surface area (Å²) in [5.41, 5.74) is 5.56. The van der Waals surface area contributed by atoms with Crippen LogP contribution in [0.4, 0.5) is 0 Å².